The maximum absolute atomic E-state index is 11.8. The van der Waals surface area contributed by atoms with Crippen LogP contribution in [-0.4, -0.2) is 16.9 Å². The molecule has 2 aromatic rings. The Balaban J connectivity index is 2.47. The Bertz CT molecular complexity index is 716. The molecule has 0 radical (unpaired) electrons. The van der Waals surface area contributed by atoms with Crippen molar-refractivity contribution in [2.75, 3.05) is 0 Å². The lowest BCUT2D eigenvalue weighted by atomic mass is 9.96. The highest BCUT2D eigenvalue weighted by Crippen LogP contribution is 2.22. The molecule has 0 fully saturated rings. The first-order valence-corrected chi connectivity index (χ1v) is 6.48. The average Bonchev–Trinajstić information content (AvgIpc) is 2.55. The molecule has 0 aliphatic heterocycles. The summed E-state index contributed by atoms with van der Waals surface area (Å²) >= 11 is 0. The van der Waals surface area contributed by atoms with Crippen LogP contribution < -0.4 is 22.5 Å². The van der Waals surface area contributed by atoms with Crippen LogP contribution in [-0.2, 0) is 6.42 Å². The lowest BCUT2D eigenvalue weighted by Gasteiger charge is -2.11. The van der Waals surface area contributed by atoms with E-state index in [1.54, 1.807) is 30.3 Å². The van der Waals surface area contributed by atoms with Crippen LogP contribution in [0.3, 0.4) is 0 Å². The monoisotopic (exact) mass is 300 g/mol. The molecule has 2 aromatic carbocycles. The number of carbonyl (C=O) groups excluding carboxylic acids is 2. The summed E-state index contributed by atoms with van der Waals surface area (Å²) < 4.78 is 0. The van der Waals surface area contributed by atoms with Crippen LogP contribution in [0.1, 0.15) is 31.8 Å². The number of nitrogens with one attached hydrogen (secondary N) is 2. The maximum Gasteiger partial charge on any atom is 0.265 e. The van der Waals surface area contributed by atoms with E-state index in [4.69, 9.17) is 11.7 Å². The number of para-hydroxylation sites is 1. The predicted molar refractivity (Wildman–Crippen MR) is 80.7 cm³/mol. The topological polar surface area (TPSA) is 130 Å². The van der Waals surface area contributed by atoms with E-state index in [-0.39, 0.29) is 12.2 Å². The third-order valence-corrected chi connectivity index (χ3v) is 3.25. The molecule has 0 saturated heterocycles. The Morgan fingerprint density at radius 3 is 2.27 bits per heavy atom. The van der Waals surface area contributed by atoms with Crippen molar-refractivity contribution in [3.05, 3.63) is 64.7 Å². The second kappa shape index (κ2) is 6.70. The summed E-state index contributed by atoms with van der Waals surface area (Å²) in [6, 6.07) is 11.3. The highest BCUT2D eigenvalue weighted by molar-refractivity contribution is 5.98. The Morgan fingerprint density at radius 1 is 0.955 bits per heavy atom. The van der Waals surface area contributed by atoms with E-state index >= 15 is 0 Å². The first kappa shape index (κ1) is 15.5. The Morgan fingerprint density at radius 2 is 1.64 bits per heavy atom. The molecule has 22 heavy (non-hydrogen) atoms. The minimum Gasteiger partial charge on any atom is -0.508 e. The molecule has 7 nitrogen and oxygen atoms in total. The van der Waals surface area contributed by atoms with E-state index in [1.807, 2.05) is 5.43 Å². The van der Waals surface area contributed by atoms with Gasteiger partial charge in [-0.3, -0.25) is 20.4 Å². The number of phenols is 1. The van der Waals surface area contributed by atoms with Gasteiger partial charge >= 0.3 is 0 Å². The predicted octanol–water partition coefficient (Wildman–Crippen LogP) is 0.190. The van der Waals surface area contributed by atoms with Gasteiger partial charge in [-0.05, 0) is 35.4 Å². The Kier molecular flexibility index (Phi) is 4.72. The van der Waals surface area contributed by atoms with Gasteiger partial charge in [0.2, 0.25) is 0 Å². The fraction of sp³-hybridized carbons (Fsp3) is 0.0667. The third kappa shape index (κ3) is 3.22. The van der Waals surface area contributed by atoms with Gasteiger partial charge in [0.25, 0.3) is 11.8 Å². The number of benzene rings is 2. The lowest BCUT2D eigenvalue weighted by molar-refractivity contribution is 0.0941. The molecular weight excluding hydrogens is 284 g/mol. The second-order valence-corrected chi connectivity index (χ2v) is 4.62. The summed E-state index contributed by atoms with van der Waals surface area (Å²) in [5.41, 5.74) is 5.89. The number of hydrazine groups is 2. The molecular formula is C15H16N4O3. The summed E-state index contributed by atoms with van der Waals surface area (Å²) in [5.74, 6) is 9.44. The fourth-order valence-electron chi connectivity index (χ4n) is 2.13. The van der Waals surface area contributed by atoms with Crippen molar-refractivity contribution >= 4 is 11.8 Å². The van der Waals surface area contributed by atoms with Crippen molar-refractivity contribution in [1.82, 2.24) is 10.9 Å². The van der Waals surface area contributed by atoms with Crippen LogP contribution in [0.5, 0.6) is 5.75 Å². The standard InChI is InChI=1S/C15H16N4O3/c16-18-14(21)10-5-6-12(15(22)19-17)11(8-10)7-9-3-1-2-4-13(9)20/h1-6,8,20H,7,16-17H2,(H,18,21)(H,19,22). The van der Waals surface area contributed by atoms with E-state index in [2.05, 4.69) is 5.43 Å². The van der Waals surface area contributed by atoms with Crippen LogP contribution in [0.25, 0.3) is 0 Å². The minimum atomic E-state index is -0.481. The highest BCUT2D eigenvalue weighted by Gasteiger charge is 2.15. The van der Waals surface area contributed by atoms with Crippen LogP contribution in [0.4, 0.5) is 0 Å². The zero-order chi connectivity index (χ0) is 16.1. The minimum absolute atomic E-state index is 0.107. The van der Waals surface area contributed by atoms with Gasteiger partial charge in [0.1, 0.15) is 5.75 Å². The molecule has 114 valence electrons. The Hall–Kier alpha value is -2.90. The number of amides is 2. The number of carbonyl (C=O) groups is 2. The Labute approximate surface area is 126 Å². The average molecular weight is 300 g/mol. The van der Waals surface area contributed by atoms with Gasteiger partial charge in [-0.1, -0.05) is 18.2 Å². The van der Waals surface area contributed by atoms with Crippen molar-refractivity contribution in [2.24, 2.45) is 11.7 Å². The zero-order valence-electron chi connectivity index (χ0n) is 11.7. The summed E-state index contributed by atoms with van der Waals surface area (Å²) in [7, 11) is 0. The molecule has 0 atom stereocenters. The molecule has 0 heterocycles. The van der Waals surface area contributed by atoms with Gasteiger partial charge in [0.05, 0.1) is 0 Å². The highest BCUT2D eigenvalue weighted by atomic mass is 16.3. The van der Waals surface area contributed by atoms with Gasteiger partial charge in [0.15, 0.2) is 0 Å². The molecule has 7 heteroatoms. The molecule has 0 spiro atoms. The second-order valence-electron chi connectivity index (χ2n) is 4.62. The first-order valence-electron chi connectivity index (χ1n) is 6.48. The summed E-state index contributed by atoms with van der Waals surface area (Å²) in [6.07, 6.45) is 0.265. The lowest BCUT2D eigenvalue weighted by Crippen LogP contribution is -2.32. The number of phenolic OH excluding ortho intramolecular Hbond substituents is 1. The summed E-state index contributed by atoms with van der Waals surface area (Å²) in [5, 5.41) is 9.86. The molecule has 0 unspecified atom stereocenters. The largest absolute Gasteiger partial charge is 0.508 e. The van der Waals surface area contributed by atoms with E-state index in [0.717, 1.165) is 0 Å². The van der Waals surface area contributed by atoms with Crippen LogP contribution in [0.15, 0.2) is 42.5 Å². The zero-order valence-corrected chi connectivity index (χ0v) is 11.7. The van der Waals surface area contributed by atoms with Crippen molar-refractivity contribution in [1.29, 1.82) is 0 Å². The van der Waals surface area contributed by atoms with Crippen molar-refractivity contribution in [3.8, 4) is 5.75 Å². The summed E-state index contributed by atoms with van der Waals surface area (Å²) in [6.45, 7) is 0. The van der Waals surface area contributed by atoms with Crippen LogP contribution >= 0.6 is 0 Å². The number of rotatable bonds is 4. The quantitative estimate of drug-likeness (QED) is 0.312. The van der Waals surface area contributed by atoms with Gasteiger partial charge < -0.3 is 5.11 Å². The molecule has 2 rings (SSSR count). The van der Waals surface area contributed by atoms with Crippen molar-refractivity contribution < 1.29 is 14.7 Å². The van der Waals surface area contributed by atoms with E-state index in [9.17, 15) is 14.7 Å². The van der Waals surface area contributed by atoms with E-state index < -0.39 is 11.8 Å². The molecule has 0 aliphatic carbocycles. The van der Waals surface area contributed by atoms with Gasteiger partial charge in [0, 0.05) is 17.5 Å². The molecule has 0 saturated carbocycles. The van der Waals surface area contributed by atoms with Crippen LogP contribution in [0, 0.1) is 0 Å². The molecule has 0 bridgehead atoms. The summed E-state index contributed by atoms with van der Waals surface area (Å²) in [4.78, 5) is 23.5. The molecule has 2 amide bonds. The van der Waals surface area contributed by atoms with Gasteiger partial charge in [-0.15, -0.1) is 0 Å². The van der Waals surface area contributed by atoms with Crippen molar-refractivity contribution in [2.45, 2.75) is 6.42 Å². The van der Waals surface area contributed by atoms with E-state index in [1.165, 1.54) is 12.1 Å². The fourth-order valence-corrected chi connectivity index (χ4v) is 2.13. The first-order chi connectivity index (χ1) is 10.6. The number of hydrogen-bond donors (Lipinski definition) is 5. The smallest absolute Gasteiger partial charge is 0.265 e. The van der Waals surface area contributed by atoms with E-state index in [0.29, 0.717) is 22.3 Å². The molecule has 7 N–H and O–H groups in total. The van der Waals surface area contributed by atoms with Crippen molar-refractivity contribution in [3.63, 3.8) is 0 Å². The number of nitrogens with two attached hydrogens (primary N) is 2. The normalized spacial score (nSPS) is 10.1. The third-order valence-electron chi connectivity index (χ3n) is 3.25. The number of nitrogen functional groups attached to an aromatic ring is 2. The SMILES string of the molecule is NNC(=O)c1ccc(C(=O)NN)c(Cc2ccccc2O)c1. The van der Waals surface area contributed by atoms with Gasteiger partial charge in [-0.25, -0.2) is 11.7 Å². The van der Waals surface area contributed by atoms with Gasteiger partial charge in [-0.2, -0.15) is 0 Å². The molecule has 0 aromatic heterocycles. The molecule has 0 aliphatic rings. The number of hydrogen-bond acceptors (Lipinski definition) is 5. The van der Waals surface area contributed by atoms with Crippen LogP contribution in [0.2, 0.25) is 0 Å². The number of aromatic hydroxyl groups is 1. The maximum atomic E-state index is 11.8.